The number of carbonyl (C=O) groups is 2. The highest BCUT2D eigenvalue weighted by Crippen LogP contribution is 2.21. The summed E-state index contributed by atoms with van der Waals surface area (Å²) >= 11 is 0. The molecule has 0 atom stereocenters. The van der Waals surface area contributed by atoms with Gasteiger partial charge in [0.1, 0.15) is 0 Å². The van der Waals surface area contributed by atoms with Crippen LogP contribution < -0.4 is 0 Å². The molecule has 0 saturated carbocycles. The average Bonchev–Trinajstić information content (AvgIpc) is 3.07. The van der Waals surface area contributed by atoms with Gasteiger partial charge in [0.15, 0.2) is 12.4 Å². The van der Waals surface area contributed by atoms with Crippen molar-refractivity contribution >= 4 is 21.8 Å². The van der Waals surface area contributed by atoms with E-state index in [1.165, 1.54) is 28.6 Å². The van der Waals surface area contributed by atoms with Crippen LogP contribution in [0.25, 0.3) is 0 Å². The van der Waals surface area contributed by atoms with Crippen LogP contribution >= 0.6 is 0 Å². The third-order valence-electron chi connectivity index (χ3n) is 5.29. The summed E-state index contributed by atoms with van der Waals surface area (Å²) in [7, 11) is -3.66. The molecule has 0 unspecified atom stereocenters. The smallest absolute Gasteiger partial charge is 0.338 e. The molecule has 1 fully saturated rings. The molecule has 6 nitrogen and oxygen atoms in total. The second-order valence-corrected chi connectivity index (χ2v) is 9.33. The van der Waals surface area contributed by atoms with Crippen molar-refractivity contribution < 1.29 is 22.7 Å². The third-order valence-corrected chi connectivity index (χ3v) is 7.19. The Morgan fingerprint density at radius 2 is 1.60 bits per heavy atom. The first-order valence-corrected chi connectivity index (χ1v) is 11.8. The van der Waals surface area contributed by atoms with Crippen LogP contribution in [0.15, 0.2) is 53.4 Å². The number of rotatable bonds is 7. The number of sulfonamides is 1. The summed E-state index contributed by atoms with van der Waals surface area (Å²) in [5.41, 5.74) is 1.70. The Balaban J connectivity index is 1.67. The molecule has 3 rings (SSSR count). The number of carbonyl (C=O) groups excluding carboxylic acids is 2. The van der Waals surface area contributed by atoms with Crippen molar-refractivity contribution in [1.29, 1.82) is 0 Å². The molecule has 160 valence electrons. The van der Waals surface area contributed by atoms with Crippen LogP contribution in [0.1, 0.15) is 58.9 Å². The number of nitrogens with zero attached hydrogens (tertiary/aromatic N) is 1. The minimum absolute atomic E-state index is 0.0698. The molecular formula is C23H27NO5S. The van der Waals surface area contributed by atoms with Gasteiger partial charge in [0.25, 0.3) is 0 Å². The molecule has 1 saturated heterocycles. The summed E-state index contributed by atoms with van der Waals surface area (Å²) in [5, 5.41) is 0. The molecule has 0 amide bonds. The molecule has 7 heteroatoms. The van der Waals surface area contributed by atoms with Crippen LogP contribution in [0.5, 0.6) is 0 Å². The number of hydrogen-bond donors (Lipinski definition) is 0. The number of Topliss-reactive ketones (excluding diaryl/α,β-unsaturated/α-hetero) is 1. The van der Waals surface area contributed by atoms with Gasteiger partial charge in [0.2, 0.25) is 10.0 Å². The second-order valence-electron chi connectivity index (χ2n) is 7.40. The van der Waals surface area contributed by atoms with Crippen LogP contribution in [-0.4, -0.2) is 44.2 Å². The third kappa shape index (κ3) is 5.34. The summed E-state index contributed by atoms with van der Waals surface area (Å²) in [4.78, 5) is 24.7. The van der Waals surface area contributed by atoms with Crippen LogP contribution in [0.3, 0.4) is 0 Å². The lowest BCUT2D eigenvalue weighted by atomic mass is 10.1. The molecule has 1 heterocycles. The van der Waals surface area contributed by atoms with E-state index in [0.717, 1.165) is 37.7 Å². The maximum atomic E-state index is 12.9. The van der Waals surface area contributed by atoms with Gasteiger partial charge < -0.3 is 4.74 Å². The molecule has 0 spiro atoms. The lowest BCUT2D eigenvalue weighted by Gasteiger charge is -2.20. The van der Waals surface area contributed by atoms with E-state index in [1.54, 1.807) is 12.1 Å². The quantitative estimate of drug-likeness (QED) is 0.493. The van der Waals surface area contributed by atoms with Crippen molar-refractivity contribution in [3.63, 3.8) is 0 Å². The summed E-state index contributed by atoms with van der Waals surface area (Å²) in [5.74, 6) is -1.03. The SMILES string of the molecule is CCc1ccc(C(=O)COC(=O)c2cccc(S(=O)(=O)N3CCCCCC3)c2)cc1. The first kappa shape index (κ1) is 22.2. The Bertz CT molecular complexity index is 991. The fourth-order valence-corrected chi connectivity index (χ4v) is 5.00. The van der Waals surface area contributed by atoms with Gasteiger partial charge in [-0.2, -0.15) is 4.31 Å². The van der Waals surface area contributed by atoms with E-state index < -0.39 is 22.6 Å². The van der Waals surface area contributed by atoms with Gasteiger partial charge in [-0.15, -0.1) is 0 Å². The van der Waals surface area contributed by atoms with Crippen molar-refractivity contribution in [1.82, 2.24) is 4.31 Å². The Kier molecular flexibility index (Phi) is 7.39. The van der Waals surface area contributed by atoms with Gasteiger partial charge in [-0.25, -0.2) is 13.2 Å². The molecular weight excluding hydrogens is 402 g/mol. The molecule has 1 aliphatic heterocycles. The van der Waals surface area contributed by atoms with Crippen molar-refractivity contribution in [2.75, 3.05) is 19.7 Å². The fraction of sp³-hybridized carbons (Fsp3) is 0.391. The first-order valence-electron chi connectivity index (χ1n) is 10.3. The molecule has 0 bridgehead atoms. The molecule has 1 aliphatic rings. The Hall–Kier alpha value is -2.51. The van der Waals surface area contributed by atoms with E-state index in [9.17, 15) is 18.0 Å². The van der Waals surface area contributed by atoms with Gasteiger partial charge in [-0.3, -0.25) is 4.79 Å². The van der Waals surface area contributed by atoms with Crippen LogP contribution in [-0.2, 0) is 21.2 Å². The van der Waals surface area contributed by atoms with Crippen molar-refractivity contribution in [2.45, 2.75) is 43.9 Å². The van der Waals surface area contributed by atoms with Crippen LogP contribution in [0.2, 0.25) is 0 Å². The van der Waals surface area contributed by atoms with Gasteiger partial charge in [0, 0.05) is 18.7 Å². The topological polar surface area (TPSA) is 80.8 Å². The first-order chi connectivity index (χ1) is 14.4. The molecule has 2 aromatic carbocycles. The Labute approximate surface area is 177 Å². The van der Waals surface area contributed by atoms with E-state index in [4.69, 9.17) is 4.74 Å². The minimum atomic E-state index is -3.66. The maximum absolute atomic E-state index is 12.9. The largest absolute Gasteiger partial charge is 0.454 e. The molecule has 2 aromatic rings. The monoisotopic (exact) mass is 429 g/mol. The lowest BCUT2D eigenvalue weighted by Crippen LogP contribution is -2.32. The van der Waals surface area contributed by atoms with E-state index in [1.807, 2.05) is 19.1 Å². The maximum Gasteiger partial charge on any atom is 0.338 e. The summed E-state index contributed by atoms with van der Waals surface area (Å²) < 4.78 is 32.5. The summed E-state index contributed by atoms with van der Waals surface area (Å²) in [6.45, 7) is 2.61. The van der Waals surface area contributed by atoms with Crippen LogP contribution in [0, 0.1) is 0 Å². The van der Waals surface area contributed by atoms with Crippen molar-refractivity contribution in [2.24, 2.45) is 0 Å². The van der Waals surface area contributed by atoms with Crippen LogP contribution in [0.4, 0.5) is 0 Å². The predicted molar refractivity (Wildman–Crippen MR) is 114 cm³/mol. The van der Waals surface area contributed by atoms with Gasteiger partial charge in [0.05, 0.1) is 10.5 Å². The predicted octanol–water partition coefficient (Wildman–Crippen LogP) is 3.85. The molecule has 0 aliphatic carbocycles. The average molecular weight is 430 g/mol. The fourth-order valence-electron chi connectivity index (χ4n) is 3.44. The van der Waals surface area contributed by atoms with E-state index in [0.29, 0.717) is 18.7 Å². The van der Waals surface area contributed by atoms with Gasteiger partial charge >= 0.3 is 5.97 Å². The molecule has 0 N–H and O–H groups in total. The number of hydrogen-bond acceptors (Lipinski definition) is 5. The molecule has 0 aromatic heterocycles. The van der Waals surface area contributed by atoms with E-state index >= 15 is 0 Å². The van der Waals surface area contributed by atoms with E-state index in [2.05, 4.69) is 0 Å². The zero-order valence-electron chi connectivity index (χ0n) is 17.2. The van der Waals surface area contributed by atoms with Crippen molar-refractivity contribution in [3.05, 3.63) is 65.2 Å². The highest BCUT2D eigenvalue weighted by atomic mass is 32.2. The zero-order valence-corrected chi connectivity index (χ0v) is 18.0. The summed E-state index contributed by atoms with van der Waals surface area (Å²) in [6, 6.07) is 13.0. The number of ether oxygens (including phenoxy) is 1. The van der Waals surface area contributed by atoms with Gasteiger partial charge in [-0.05, 0) is 43.0 Å². The number of esters is 1. The highest BCUT2D eigenvalue weighted by Gasteiger charge is 2.26. The zero-order chi connectivity index (χ0) is 21.6. The number of benzene rings is 2. The minimum Gasteiger partial charge on any atom is -0.454 e. The van der Waals surface area contributed by atoms with Crippen molar-refractivity contribution in [3.8, 4) is 0 Å². The second kappa shape index (κ2) is 10.00. The number of aryl methyl sites for hydroxylation is 1. The summed E-state index contributed by atoms with van der Waals surface area (Å²) in [6.07, 6.45) is 4.59. The van der Waals surface area contributed by atoms with E-state index in [-0.39, 0.29) is 16.2 Å². The number of ketones is 1. The standard InChI is InChI=1S/C23H27NO5S/c1-2-18-10-12-19(13-11-18)22(25)17-29-23(26)20-8-7-9-21(16-20)30(27,28)24-14-5-3-4-6-15-24/h7-13,16H,2-6,14-15,17H2,1H3. The molecule has 0 radical (unpaired) electrons. The van der Waals surface area contributed by atoms with Gasteiger partial charge in [-0.1, -0.05) is 50.1 Å². The Morgan fingerprint density at radius 1 is 0.933 bits per heavy atom. The Morgan fingerprint density at radius 3 is 2.23 bits per heavy atom. The normalized spacial score (nSPS) is 15.4. The highest BCUT2D eigenvalue weighted by molar-refractivity contribution is 7.89. The lowest BCUT2D eigenvalue weighted by molar-refractivity contribution is 0.0474. The molecule has 30 heavy (non-hydrogen) atoms.